The molecule has 5 heteroatoms. The van der Waals surface area contributed by atoms with Gasteiger partial charge in [-0.05, 0) is 5.56 Å². The number of ketones is 1. The average Bonchev–Trinajstić information content (AvgIpc) is 3.14. The normalized spacial score (nSPS) is 7.55. The maximum atomic E-state index is 11.6. The summed E-state index contributed by atoms with van der Waals surface area (Å²) < 4.78 is 22.5. The van der Waals surface area contributed by atoms with E-state index in [1.807, 2.05) is 60.7 Å². The summed E-state index contributed by atoms with van der Waals surface area (Å²) in [5.41, 5.74) is 1.78. The second-order valence-corrected chi connectivity index (χ2v) is 3.28. The molecule has 0 fully saturated rings. The second-order valence-electron chi connectivity index (χ2n) is 3.28. The number of carbonyl (C=O) groups excluding carboxylic acids is 1. The molecule has 0 aliphatic heterocycles. The molecule has 0 aliphatic rings. The Hall–Kier alpha value is -2.28. The number of hydrogen-bond donors (Lipinski definition) is 0. The standard InChI is InChI=1S/C14H11O.3CO.Mn/c15-14(13-8-4-5-9-13)11-10-12-6-2-1-3-7-12;3*1-2;/h1-11H;;;;/q-1;;;;/b11-10+;;;;. The van der Waals surface area contributed by atoms with Gasteiger partial charge in [0.15, 0.2) is 0 Å². The monoisotopic (exact) mass is 334 g/mol. The fourth-order valence-corrected chi connectivity index (χ4v) is 1.37. The van der Waals surface area contributed by atoms with E-state index in [-0.39, 0.29) is 22.9 Å². The zero-order chi connectivity index (χ0) is 16.5. The molecule has 0 unspecified atom stereocenters. The summed E-state index contributed by atoms with van der Waals surface area (Å²) in [5, 5.41) is 0. The molecule has 0 N–H and O–H groups in total. The summed E-state index contributed by atoms with van der Waals surface area (Å²) in [4.78, 5) is 11.6. The fourth-order valence-electron chi connectivity index (χ4n) is 1.37. The van der Waals surface area contributed by atoms with Crippen molar-refractivity contribution in [1.82, 2.24) is 0 Å². The van der Waals surface area contributed by atoms with Gasteiger partial charge < -0.3 is 4.79 Å². The molecular formula is C17H11MnO4-. The van der Waals surface area contributed by atoms with E-state index in [1.54, 1.807) is 6.08 Å². The molecule has 4 nitrogen and oxygen atoms in total. The van der Waals surface area contributed by atoms with Gasteiger partial charge in [-0.1, -0.05) is 48.0 Å². The predicted octanol–water partition coefficient (Wildman–Crippen LogP) is 3.19. The van der Waals surface area contributed by atoms with Crippen LogP contribution in [0.15, 0.2) is 60.7 Å². The molecule has 2 aromatic rings. The van der Waals surface area contributed by atoms with Crippen LogP contribution in [-0.2, 0) is 31.0 Å². The Balaban J connectivity index is -0.000000463. The van der Waals surface area contributed by atoms with E-state index in [9.17, 15) is 4.79 Å². The van der Waals surface area contributed by atoms with Crippen molar-refractivity contribution in [2.75, 3.05) is 0 Å². The first-order valence-corrected chi connectivity index (χ1v) is 5.47. The minimum atomic E-state index is 0. The largest absolute Gasteiger partial charge is 0 e. The summed E-state index contributed by atoms with van der Waals surface area (Å²) in [6.07, 6.45) is 3.43. The Bertz CT molecular complexity index is 564. The van der Waals surface area contributed by atoms with Crippen LogP contribution in [-0.4, -0.2) is 5.78 Å². The van der Waals surface area contributed by atoms with Gasteiger partial charge in [0, 0.05) is 17.1 Å². The Morgan fingerprint density at radius 3 is 1.77 bits per heavy atom. The molecule has 0 saturated heterocycles. The van der Waals surface area contributed by atoms with Crippen molar-refractivity contribution < 1.29 is 35.8 Å². The molecule has 0 saturated carbocycles. The maximum Gasteiger partial charge on any atom is 0 e. The third-order valence-electron chi connectivity index (χ3n) is 2.17. The molecule has 22 heavy (non-hydrogen) atoms. The molecule has 0 atom stereocenters. The van der Waals surface area contributed by atoms with Crippen LogP contribution in [0.4, 0.5) is 0 Å². The summed E-state index contributed by atoms with van der Waals surface area (Å²) in [5.74, 6) is 0.0452. The van der Waals surface area contributed by atoms with Gasteiger partial charge in [-0.3, -0.25) is 0 Å². The van der Waals surface area contributed by atoms with Gasteiger partial charge >= 0.3 is 33.9 Å². The molecule has 0 aromatic heterocycles. The van der Waals surface area contributed by atoms with Crippen LogP contribution in [0.2, 0.25) is 0 Å². The third-order valence-corrected chi connectivity index (χ3v) is 2.17. The third kappa shape index (κ3) is 10.5. The van der Waals surface area contributed by atoms with E-state index < -0.39 is 0 Å². The van der Waals surface area contributed by atoms with E-state index in [0.29, 0.717) is 0 Å². The van der Waals surface area contributed by atoms with E-state index in [4.69, 9.17) is 14.0 Å². The molecular weight excluding hydrogens is 323 g/mol. The molecule has 2 rings (SSSR count). The molecule has 111 valence electrons. The van der Waals surface area contributed by atoms with Crippen molar-refractivity contribution in [3.05, 3.63) is 91.8 Å². The van der Waals surface area contributed by atoms with Gasteiger partial charge in [-0.2, -0.15) is 12.1 Å². The summed E-state index contributed by atoms with van der Waals surface area (Å²) in [6, 6.07) is 17.2. The van der Waals surface area contributed by atoms with Gasteiger partial charge in [0.2, 0.25) is 0 Å². The number of rotatable bonds is 3. The summed E-state index contributed by atoms with van der Waals surface area (Å²) >= 11 is 0. The first-order chi connectivity index (χ1) is 10.4. The molecule has 0 bridgehead atoms. The predicted molar refractivity (Wildman–Crippen MR) is 73.6 cm³/mol. The van der Waals surface area contributed by atoms with E-state index in [1.165, 1.54) is 0 Å². The fraction of sp³-hybridized carbons (Fsp3) is 0. The first kappa shape index (κ1) is 24.7. The quantitative estimate of drug-likeness (QED) is 0.279. The van der Waals surface area contributed by atoms with Gasteiger partial charge in [-0.25, -0.2) is 0 Å². The van der Waals surface area contributed by atoms with Crippen LogP contribution in [0.1, 0.15) is 15.9 Å². The Morgan fingerprint density at radius 2 is 1.32 bits per heavy atom. The molecule has 0 amide bonds. The van der Waals surface area contributed by atoms with Crippen LogP contribution >= 0.6 is 0 Å². The van der Waals surface area contributed by atoms with Gasteiger partial charge in [0.05, 0.1) is 0 Å². The number of carbonyl (C=O) groups is 1. The minimum absolute atomic E-state index is 0. The first-order valence-electron chi connectivity index (χ1n) is 5.47. The smallest absolute Gasteiger partial charge is 0 e. The number of hydrogen-bond acceptors (Lipinski definition) is 1. The Labute approximate surface area is 139 Å². The summed E-state index contributed by atoms with van der Waals surface area (Å²) in [7, 11) is 0. The van der Waals surface area contributed by atoms with Crippen LogP contribution in [0.3, 0.4) is 0 Å². The van der Waals surface area contributed by atoms with Crippen molar-refractivity contribution in [3.8, 4) is 0 Å². The van der Waals surface area contributed by atoms with E-state index >= 15 is 0 Å². The zero-order valence-electron chi connectivity index (χ0n) is 11.4. The van der Waals surface area contributed by atoms with Crippen LogP contribution in [0.25, 0.3) is 6.08 Å². The van der Waals surface area contributed by atoms with Crippen molar-refractivity contribution in [2.24, 2.45) is 0 Å². The SMILES string of the molecule is O=C(/C=C/c1ccccc1)[c-]1cccc1.[C-]#[O+].[C-]#[O+].[C-]#[O+].[Mn]. The van der Waals surface area contributed by atoms with Crippen molar-refractivity contribution in [1.29, 1.82) is 0 Å². The van der Waals surface area contributed by atoms with Crippen molar-refractivity contribution in [2.45, 2.75) is 0 Å². The minimum Gasteiger partial charge on any atom is 0 e. The van der Waals surface area contributed by atoms with Crippen LogP contribution in [0, 0.1) is 20.0 Å². The molecule has 2 aromatic carbocycles. The van der Waals surface area contributed by atoms with E-state index in [0.717, 1.165) is 11.1 Å². The van der Waals surface area contributed by atoms with Crippen LogP contribution in [0.5, 0.6) is 0 Å². The topological polar surface area (TPSA) is 76.8 Å². The van der Waals surface area contributed by atoms with E-state index in [2.05, 4.69) is 20.0 Å². The number of allylic oxidation sites excluding steroid dienone is 1. The molecule has 1 radical (unpaired) electrons. The molecule has 0 aliphatic carbocycles. The van der Waals surface area contributed by atoms with Crippen LogP contribution < -0.4 is 0 Å². The maximum absolute atomic E-state index is 11.6. The second kappa shape index (κ2) is 18.7. The number of benzene rings is 1. The molecule has 0 heterocycles. The summed E-state index contributed by atoms with van der Waals surface area (Å²) in [6.45, 7) is 13.5. The van der Waals surface area contributed by atoms with Crippen molar-refractivity contribution >= 4 is 11.9 Å². The van der Waals surface area contributed by atoms with Crippen molar-refractivity contribution in [3.63, 3.8) is 0 Å². The zero-order valence-corrected chi connectivity index (χ0v) is 12.5. The van der Waals surface area contributed by atoms with Gasteiger partial charge in [0.1, 0.15) is 5.78 Å². The van der Waals surface area contributed by atoms with Gasteiger partial charge in [-0.15, -0.1) is 12.1 Å². The molecule has 0 spiro atoms. The van der Waals surface area contributed by atoms with Gasteiger partial charge in [0.25, 0.3) is 0 Å². The Kier molecular flexibility index (Phi) is 21.0. The Morgan fingerprint density at radius 1 is 0.864 bits per heavy atom. The average molecular weight is 334 g/mol.